The van der Waals surface area contributed by atoms with Gasteiger partial charge in [-0.3, -0.25) is 9.52 Å². The average molecular weight is 467 g/mol. The molecule has 0 heterocycles. The number of benzene rings is 3. The van der Waals surface area contributed by atoms with Gasteiger partial charge in [0.15, 0.2) is 0 Å². The highest BCUT2D eigenvalue weighted by Crippen LogP contribution is 2.25. The number of nitrogens with one attached hydrogen (secondary N) is 2. The molecule has 0 aromatic heterocycles. The number of ether oxygens (including phenoxy) is 1. The van der Waals surface area contributed by atoms with Crippen LogP contribution in [-0.2, 0) is 14.8 Å². The van der Waals surface area contributed by atoms with E-state index in [1.54, 1.807) is 69.3 Å². The van der Waals surface area contributed by atoms with E-state index in [4.69, 9.17) is 4.74 Å². The minimum Gasteiger partial charge on any atom is -0.462 e. The molecule has 1 amide bonds. The molecule has 7 nitrogen and oxygen atoms in total. The van der Waals surface area contributed by atoms with Gasteiger partial charge in [-0.25, -0.2) is 13.2 Å². The summed E-state index contributed by atoms with van der Waals surface area (Å²) in [5, 5.41) is 2.81. The monoisotopic (exact) mass is 466 g/mol. The van der Waals surface area contributed by atoms with Crippen LogP contribution in [0.1, 0.15) is 44.3 Å². The quantitative estimate of drug-likeness (QED) is 0.485. The molecule has 0 spiro atoms. The van der Waals surface area contributed by atoms with E-state index in [9.17, 15) is 18.0 Å². The van der Waals surface area contributed by atoms with Crippen molar-refractivity contribution in [2.24, 2.45) is 0 Å². The molecule has 172 valence electrons. The second kappa shape index (κ2) is 9.87. The summed E-state index contributed by atoms with van der Waals surface area (Å²) in [7, 11) is -3.81. The Kier molecular flexibility index (Phi) is 7.18. The molecule has 0 aliphatic carbocycles. The zero-order chi connectivity index (χ0) is 24.2. The number of aryl methyl sites for hydroxylation is 1. The van der Waals surface area contributed by atoms with Gasteiger partial charge in [0.2, 0.25) is 0 Å². The van der Waals surface area contributed by atoms with Crippen LogP contribution in [-0.4, -0.2) is 26.9 Å². The van der Waals surface area contributed by atoms with Crippen LogP contribution in [0.4, 0.5) is 11.4 Å². The summed E-state index contributed by atoms with van der Waals surface area (Å²) in [5.74, 6) is -0.886. The third-order valence-corrected chi connectivity index (χ3v) is 6.61. The topological polar surface area (TPSA) is 102 Å². The highest BCUT2D eigenvalue weighted by Gasteiger charge is 2.19. The minimum absolute atomic E-state index is 0.133. The molecule has 3 aromatic carbocycles. The molecular formula is C25H26N2O5S. The maximum atomic E-state index is 13.0. The highest BCUT2D eigenvalue weighted by molar-refractivity contribution is 7.92. The van der Waals surface area contributed by atoms with Crippen LogP contribution in [0, 0.1) is 20.8 Å². The van der Waals surface area contributed by atoms with Gasteiger partial charge < -0.3 is 10.1 Å². The predicted octanol–water partition coefficient (Wildman–Crippen LogP) is 4.84. The molecule has 3 rings (SSSR count). The molecule has 0 aliphatic rings. The number of amides is 1. The number of anilines is 2. The van der Waals surface area contributed by atoms with Crippen LogP contribution in [0.25, 0.3) is 0 Å². The van der Waals surface area contributed by atoms with Crippen LogP contribution in [0.5, 0.6) is 0 Å². The Hall–Kier alpha value is -3.65. The lowest BCUT2D eigenvalue weighted by Crippen LogP contribution is -2.18. The molecule has 8 heteroatoms. The van der Waals surface area contributed by atoms with Crippen LogP contribution in [0.2, 0.25) is 0 Å². The summed E-state index contributed by atoms with van der Waals surface area (Å²) in [6.07, 6.45) is 0. The van der Waals surface area contributed by atoms with Crippen molar-refractivity contribution in [1.29, 1.82) is 0 Å². The molecule has 0 saturated heterocycles. The number of esters is 1. The largest absolute Gasteiger partial charge is 0.462 e. The first-order chi connectivity index (χ1) is 15.6. The van der Waals surface area contributed by atoms with Gasteiger partial charge in [0.05, 0.1) is 22.8 Å². The van der Waals surface area contributed by atoms with Crippen LogP contribution < -0.4 is 10.0 Å². The van der Waals surface area contributed by atoms with Crippen molar-refractivity contribution in [2.75, 3.05) is 16.6 Å². The maximum Gasteiger partial charge on any atom is 0.338 e. The van der Waals surface area contributed by atoms with Crippen LogP contribution in [0.15, 0.2) is 65.6 Å². The van der Waals surface area contributed by atoms with Gasteiger partial charge in [0.1, 0.15) is 0 Å². The third kappa shape index (κ3) is 5.40. The molecule has 3 aromatic rings. The van der Waals surface area contributed by atoms with E-state index in [0.29, 0.717) is 33.6 Å². The van der Waals surface area contributed by atoms with Gasteiger partial charge in [-0.05, 0) is 75.2 Å². The van der Waals surface area contributed by atoms with Crippen molar-refractivity contribution >= 4 is 33.3 Å². The Morgan fingerprint density at radius 2 is 1.39 bits per heavy atom. The number of hydrogen-bond acceptors (Lipinski definition) is 5. The standard InChI is InChI=1S/C25H26N2O5S/c1-5-32-25(29)21-9-7-10-22(18(21)4)26-24(28)20-8-6-11-23(17(20)3)27-33(30,31)19-14-12-16(2)13-15-19/h6-15,27H,5H2,1-4H3,(H,26,28). The fourth-order valence-corrected chi connectivity index (χ4v) is 4.43. The lowest BCUT2D eigenvalue weighted by atomic mass is 10.0. The fraction of sp³-hybridized carbons (Fsp3) is 0.200. The predicted molar refractivity (Wildman–Crippen MR) is 128 cm³/mol. The van der Waals surface area contributed by atoms with E-state index in [2.05, 4.69) is 10.0 Å². The van der Waals surface area contributed by atoms with Crippen molar-refractivity contribution in [2.45, 2.75) is 32.6 Å². The SMILES string of the molecule is CCOC(=O)c1cccc(NC(=O)c2cccc(NS(=O)(=O)c3ccc(C)cc3)c2C)c1C. The summed E-state index contributed by atoms with van der Waals surface area (Å²) in [6.45, 7) is 7.24. The summed E-state index contributed by atoms with van der Waals surface area (Å²) in [4.78, 5) is 25.3. The first-order valence-electron chi connectivity index (χ1n) is 10.4. The zero-order valence-corrected chi connectivity index (χ0v) is 19.7. The Labute approximate surface area is 193 Å². The zero-order valence-electron chi connectivity index (χ0n) is 18.9. The van der Waals surface area contributed by atoms with Gasteiger partial charge in [0, 0.05) is 11.3 Å². The minimum atomic E-state index is -3.81. The van der Waals surface area contributed by atoms with Crippen LogP contribution >= 0.6 is 0 Å². The van der Waals surface area contributed by atoms with E-state index in [1.807, 2.05) is 6.92 Å². The Bertz CT molecular complexity index is 1300. The number of rotatable bonds is 7. The second-order valence-electron chi connectivity index (χ2n) is 7.55. The van der Waals surface area contributed by atoms with Crippen molar-refractivity contribution in [3.8, 4) is 0 Å². The summed E-state index contributed by atoms with van der Waals surface area (Å²) in [5.41, 5.74) is 3.45. The van der Waals surface area contributed by atoms with Gasteiger partial charge in [-0.2, -0.15) is 0 Å². The summed E-state index contributed by atoms with van der Waals surface area (Å²) in [6, 6.07) is 16.3. The Morgan fingerprint density at radius 3 is 2.03 bits per heavy atom. The fourth-order valence-electron chi connectivity index (χ4n) is 3.30. The average Bonchev–Trinajstić information content (AvgIpc) is 2.77. The van der Waals surface area contributed by atoms with E-state index in [-0.39, 0.29) is 11.5 Å². The molecular weight excluding hydrogens is 440 g/mol. The van der Waals surface area contributed by atoms with Crippen molar-refractivity contribution < 1.29 is 22.7 Å². The lowest BCUT2D eigenvalue weighted by molar-refractivity contribution is 0.0525. The molecule has 0 fully saturated rings. The van der Waals surface area contributed by atoms with E-state index in [0.717, 1.165) is 5.56 Å². The molecule has 0 unspecified atom stereocenters. The van der Waals surface area contributed by atoms with E-state index < -0.39 is 21.9 Å². The number of sulfonamides is 1. The Morgan fingerprint density at radius 1 is 0.818 bits per heavy atom. The normalized spacial score (nSPS) is 11.0. The van der Waals surface area contributed by atoms with E-state index in [1.165, 1.54) is 12.1 Å². The maximum absolute atomic E-state index is 13.0. The molecule has 2 N–H and O–H groups in total. The molecule has 0 saturated carbocycles. The Balaban J connectivity index is 1.86. The van der Waals surface area contributed by atoms with Gasteiger partial charge in [-0.1, -0.05) is 29.8 Å². The van der Waals surface area contributed by atoms with Crippen molar-refractivity contribution in [3.63, 3.8) is 0 Å². The van der Waals surface area contributed by atoms with Gasteiger partial charge >= 0.3 is 5.97 Å². The number of carbonyl (C=O) groups excluding carboxylic acids is 2. The second-order valence-corrected chi connectivity index (χ2v) is 9.23. The highest BCUT2D eigenvalue weighted by atomic mass is 32.2. The summed E-state index contributed by atoms with van der Waals surface area (Å²) >= 11 is 0. The summed E-state index contributed by atoms with van der Waals surface area (Å²) < 4.78 is 33.2. The molecule has 0 atom stereocenters. The molecule has 0 bridgehead atoms. The van der Waals surface area contributed by atoms with E-state index >= 15 is 0 Å². The van der Waals surface area contributed by atoms with Crippen LogP contribution in [0.3, 0.4) is 0 Å². The number of carbonyl (C=O) groups is 2. The number of hydrogen-bond donors (Lipinski definition) is 2. The lowest BCUT2D eigenvalue weighted by Gasteiger charge is -2.15. The molecule has 0 radical (unpaired) electrons. The molecule has 33 heavy (non-hydrogen) atoms. The van der Waals surface area contributed by atoms with Crippen molar-refractivity contribution in [3.05, 3.63) is 88.5 Å². The smallest absolute Gasteiger partial charge is 0.338 e. The first kappa shape index (κ1) is 24.0. The molecule has 0 aliphatic heterocycles. The van der Waals surface area contributed by atoms with Gasteiger partial charge in [0.25, 0.3) is 15.9 Å². The first-order valence-corrected chi connectivity index (χ1v) is 11.9. The van der Waals surface area contributed by atoms with Gasteiger partial charge in [-0.15, -0.1) is 0 Å². The third-order valence-electron chi connectivity index (χ3n) is 5.23. The van der Waals surface area contributed by atoms with Crippen molar-refractivity contribution in [1.82, 2.24) is 0 Å².